The van der Waals surface area contributed by atoms with Gasteiger partial charge in [-0.25, -0.2) is 9.97 Å². The number of piperidine rings is 1. The zero-order chi connectivity index (χ0) is 22.6. The molecular weight excluding hydrogens is 402 g/mol. The maximum absolute atomic E-state index is 13.2. The molecule has 1 aliphatic rings. The van der Waals surface area contributed by atoms with Gasteiger partial charge in [0.15, 0.2) is 0 Å². The number of hydrogen-bond acceptors (Lipinski definition) is 6. The van der Waals surface area contributed by atoms with Gasteiger partial charge in [0.05, 0.1) is 17.7 Å². The Morgan fingerprint density at radius 2 is 1.97 bits per heavy atom. The van der Waals surface area contributed by atoms with Crippen LogP contribution in [0.2, 0.25) is 0 Å². The van der Waals surface area contributed by atoms with Crippen LogP contribution >= 0.6 is 0 Å². The van der Waals surface area contributed by atoms with Crippen LogP contribution in [0.15, 0.2) is 42.7 Å². The van der Waals surface area contributed by atoms with E-state index in [0.717, 1.165) is 28.8 Å². The monoisotopic (exact) mass is 429 g/mol. The molecule has 2 N–H and O–H groups in total. The zero-order valence-corrected chi connectivity index (χ0v) is 18.4. The zero-order valence-electron chi connectivity index (χ0n) is 18.4. The van der Waals surface area contributed by atoms with Gasteiger partial charge in [-0.05, 0) is 44.2 Å². The molecule has 0 spiro atoms. The van der Waals surface area contributed by atoms with Gasteiger partial charge in [-0.3, -0.25) is 9.89 Å². The first-order valence-corrected chi connectivity index (χ1v) is 10.9. The van der Waals surface area contributed by atoms with Crippen molar-refractivity contribution < 1.29 is 4.79 Å². The van der Waals surface area contributed by atoms with E-state index in [9.17, 15) is 10.1 Å². The van der Waals surface area contributed by atoms with Crippen LogP contribution in [0, 0.1) is 25.2 Å². The highest BCUT2D eigenvalue weighted by molar-refractivity contribution is 5.91. The molecule has 8 heteroatoms. The fourth-order valence-electron chi connectivity index (χ4n) is 4.09. The largest absolute Gasteiger partial charge is 0.369 e. The van der Waals surface area contributed by atoms with Crippen molar-refractivity contribution in [2.75, 3.05) is 25.0 Å². The molecule has 1 fully saturated rings. The van der Waals surface area contributed by atoms with Gasteiger partial charge in [0, 0.05) is 37.1 Å². The third-order valence-electron chi connectivity index (χ3n) is 6.29. The maximum Gasteiger partial charge on any atom is 0.291 e. The first kappa shape index (κ1) is 21.5. The second kappa shape index (κ2) is 9.18. The summed E-state index contributed by atoms with van der Waals surface area (Å²) in [5.74, 6) is 0.686. The predicted molar refractivity (Wildman–Crippen MR) is 121 cm³/mol. The van der Waals surface area contributed by atoms with Crippen molar-refractivity contribution in [2.24, 2.45) is 0 Å². The lowest BCUT2D eigenvalue weighted by Gasteiger charge is -2.37. The number of benzene rings is 1. The summed E-state index contributed by atoms with van der Waals surface area (Å²) >= 11 is 0. The summed E-state index contributed by atoms with van der Waals surface area (Å²) in [7, 11) is 0. The quantitative estimate of drug-likeness (QED) is 0.623. The van der Waals surface area contributed by atoms with Crippen molar-refractivity contribution in [3.63, 3.8) is 0 Å². The lowest BCUT2D eigenvalue weighted by Crippen LogP contribution is -2.45. The number of carbonyl (C=O) groups is 1. The van der Waals surface area contributed by atoms with Crippen LogP contribution < -0.4 is 5.32 Å². The maximum atomic E-state index is 13.2. The highest BCUT2D eigenvalue weighted by atomic mass is 16.2. The molecule has 32 heavy (non-hydrogen) atoms. The number of carbonyl (C=O) groups excluding carboxylic acids is 1. The van der Waals surface area contributed by atoms with E-state index in [1.807, 2.05) is 50.4 Å². The average molecular weight is 430 g/mol. The fraction of sp³-hybridized carbons (Fsp3) is 0.375. The Labute approximate surface area is 187 Å². The summed E-state index contributed by atoms with van der Waals surface area (Å²) in [6, 6.07) is 12.4. The molecule has 0 radical (unpaired) electrons. The highest BCUT2D eigenvalue weighted by Gasteiger charge is 2.38. The predicted octanol–water partition coefficient (Wildman–Crippen LogP) is 3.17. The number of hydrogen-bond donors (Lipinski definition) is 2. The molecule has 0 bridgehead atoms. The number of likely N-dealkylation sites (tertiary alicyclic amines) is 1. The number of nitrogens with zero attached hydrogens (tertiary/aromatic N) is 5. The van der Waals surface area contributed by atoms with Crippen LogP contribution in [0.1, 0.15) is 45.8 Å². The second-order valence-corrected chi connectivity index (χ2v) is 8.24. The molecule has 1 aliphatic heterocycles. The third-order valence-corrected chi connectivity index (χ3v) is 6.29. The number of nitrogens with one attached hydrogen (secondary N) is 2. The smallest absolute Gasteiger partial charge is 0.291 e. The van der Waals surface area contributed by atoms with Crippen LogP contribution in [0.4, 0.5) is 5.82 Å². The molecule has 8 nitrogen and oxygen atoms in total. The van der Waals surface area contributed by atoms with Crippen LogP contribution in [-0.4, -0.2) is 50.6 Å². The Morgan fingerprint density at radius 3 is 2.62 bits per heavy atom. The van der Waals surface area contributed by atoms with Gasteiger partial charge in [0.2, 0.25) is 5.82 Å². The average Bonchev–Trinajstić information content (AvgIpc) is 3.35. The minimum absolute atomic E-state index is 0.189. The van der Waals surface area contributed by atoms with E-state index in [1.165, 1.54) is 0 Å². The first-order chi connectivity index (χ1) is 15.5. The molecule has 0 saturated carbocycles. The molecule has 0 atom stereocenters. The van der Waals surface area contributed by atoms with Crippen molar-refractivity contribution >= 4 is 11.7 Å². The van der Waals surface area contributed by atoms with Crippen molar-refractivity contribution in [1.29, 1.82) is 5.26 Å². The number of H-pyrrole nitrogens is 1. The molecule has 1 amide bonds. The minimum Gasteiger partial charge on any atom is -0.369 e. The summed E-state index contributed by atoms with van der Waals surface area (Å²) in [5.41, 5.74) is 3.27. The number of amides is 1. The van der Waals surface area contributed by atoms with Crippen molar-refractivity contribution in [3.05, 3.63) is 70.9 Å². The van der Waals surface area contributed by atoms with Gasteiger partial charge in [0.1, 0.15) is 5.82 Å². The van der Waals surface area contributed by atoms with E-state index in [1.54, 1.807) is 11.1 Å². The molecule has 0 aliphatic carbocycles. The van der Waals surface area contributed by atoms with E-state index < -0.39 is 5.41 Å². The molecule has 1 aromatic carbocycles. The topological polar surface area (TPSA) is 111 Å². The van der Waals surface area contributed by atoms with Crippen molar-refractivity contribution in [2.45, 2.75) is 38.5 Å². The Hall–Kier alpha value is -3.73. The van der Waals surface area contributed by atoms with Crippen LogP contribution in [0.25, 0.3) is 0 Å². The normalized spacial score (nSPS) is 15.2. The fourth-order valence-corrected chi connectivity index (χ4v) is 4.09. The summed E-state index contributed by atoms with van der Waals surface area (Å²) < 4.78 is 0. The number of nitriles is 1. The molecule has 3 heterocycles. The standard InChI is InChI=1S/C24H27N7O/c1-17-18(2)29-22(30-21(17)26-11-8-19-14-27-28-15-19)23(32)31-12-9-24(16-25,10-13-31)20-6-4-3-5-7-20/h3-7,14-15H,8-13H2,1-2H3,(H,27,28)(H,26,29,30). The number of aromatic nitrogens is 4. The van der Waals surface area contributed by atoms with Crippen molar-refractivity contribution in [1.82, 2.24) is 25.1 Å². The number of aromatic amines is 1. The van der Waals surface area contributed by atoms with Gasteiger partial charge in [0.25, 0.3) is 5.91 Å². The van der Waals surface area contributed by atoms with Gasteiger partial charge >= 0.3 is 0 Å². The molecule has 4 rings (SSSR count). The second-order valence-electron chi connectivity index (χ2n) is 8.24. The van der Waals surface area contributed by atoms with E-state index in [0.29, 0.717) is 38.3 Å². The molecule has 0 unspecified atom stereocenters. The third kappa shape index (κ3) is 4.33. The summed E-state index contributed by atoms with van der Waals surface area (Å²) in [6.07, 6.45) is 5.65. The molecule has 164 valence electrons. The van der Waals surface area contributed by atoms with Crippen LogP contribution in [0.5, 0.6) is 0 Å². The molecule has 3 aromatic rings. The van der Waals surface area contributed by atoms with Crippen molar-refractivity contribution in [3.8, 4) is 6.07 Å². The lowest BCUT2D eigenvalue weighted by molar-refractivity contribution is 0.0679. The number of aryl methyl sites for hydroxylation is 1. The van der Waals surface area contributed by atoms with Crippen LogP contribution in [-0.2, 0) is 11.8 Å². The molecule has 2 aromatic heterocycles. The number of rotatable bonds is 6. The van der Waals surface area contributed by atoms with Gasteiger partial charge in [-0.1, -0.05) is 30.3 Å². The first-order valence-electron chi connectivity index (χ1n) is 10.9. The van der Waals surface area contributed by atoms with Gasteiger partial charge < -0.3 is 10.2 Å². The van der Waals surface area contributed by atoms with Gasteiger partial charge in [-0.15, -0.1) is 0 Å². The van der Waals surface area contributed by atoms with E-state index >= 15 is 0 Å². The van der Waals surface area contributed by atoms with Gasteiger partial charge in [-0.2, -0.15) is 10.4 Å². The SMILES string of the molecule is Cc1nc(C(=O)N2CCC(C#N)(c3ccccc3)CC2)nc(NCCc2cn[nH]c2)c1C. The van der Waals surface area contributed by atoms with E-state index in [-0.39, 0.29) is 11.7 Å². The highest BCUT2D eigenvalue weighted by Crippen LogP contribution is 2.35. The number of anilines is 1. The van der Waals surface area contributed by atoms with Crippen LogP contribution in [0.3, 0.4) is 0 Å². The lowest BCUT2D eigenvalue weighted by atomic mass is 9.74. The Balaban J connectivity index is 1.45. The Morgan fingerprint density at radius 1 is 1.22 bits per heavy atom. The minimum atomic E-state index is -0.554. The molecule has 1 saturated heterocycles. The Kier molecular flexibility index (Phi) is 6.17. The summed E-state index contributed by atoms with van der Waals surface area (Å²) in [4.78, 5) is 24.0. The summed E-state index contributed by atoms with van der Waals surface area (Å²) in [6.45, 7) is 5.52. The summed E-state index contributed by atoms with van der Waals surface area (Å²) in [5, 5.41) is 20.0. The molecular formula is C24H27N7O. The van der Waals surface area contributed by atoms with E-state index in [2.05, 4.69) is 31.6 Å². The Bertz CT molecular complexity index is 1110. The van der Waals surface area contributed by atoms with E-state index in [4.69, 9.17) is 0 Å².